The lowest BCUT2D eigenvalue weighted by Gasteiger charge is -2.07. The summed E-state index contributed by atoms with van der Waals surface area (Å²) in [5.74, 6) is 0.648. The summed E-state index contributed by atoms with van der Waals surface area (Å²) in [6, 6.07) is 12.1. The van der Waals surface area contributed by atoms with E-state index in [1.807, 2.05) is 12.1 Å². The normalized spacial score (nSPS) is 14.1. The van der Waals surface area contributed by atoms with E-state index in [0.717, 1.165) is 18.6 Å². The van der Waals surface area contributed by atoms with E-state index in [-0.39, 0.29) is 5.78 Å². The second-order valence-corrected chi connectivity index (χ2v) is 5.32. The molecule has 0 amide bonds. The molecule has 2 aromatic carbocycles. The number of hydrogen-bond donors (Lipinski definition) is 1. The number of ketones is 1. The number of anilines is 1. The second kappa shape index (κ2) is 5.17. The van der Waals surface area contributed by atoms with E-state index in [0.29, 0.717) is 27.9 Å². The molecular formula is C16H14ClNO2. The smallest absolute Gasteiger partial charge is 0.193 e. The Kier molecular flexibility index (Phi) is 3.36. The third-order valence-corrected chi connectivity index (χ3v) is 3.53. The van der Waals surface area contributed by atoms with Gasteiger partial charge in [-0.2, -0.15) is 0 Å². The van der Waals surface area contributed by atoms with Crippen molar-refractivity contribution < 1.29 is 9.53 Å². The molecule has 4 heteroatoms. The summed E-state index contributed by atoms with van der Waals surface area (Å²) < 4.78 is 5.70. The fourth-order valence-corrected chi connectivity index (χ4v) is 2.06. The van der Waals surface area contributed by atoms with Gasteiger partial charge < -0.3 is 10.5 Å². The molecule has 0 saturated heterocycles. The summed E-state index contributed by atoms with van der Waals surface area (Å²) >= 11 is 5.86. The van der Waals surface area contributed by atoms with Crippen LogP contribution < -0.4 is 10.5 Å². The van der Waals surface area contributed by atoms with Crippen molar-refractivity contribution in [2.24, 2.45) is 0 Å². The van der Waals surface area contributed by atoms with Crippen molar-refractivity contribution in [3.63, 3.8) is 0 Å². The molecule has 102 valence electrons. The molecule has 2 N–H and O–H groups in total. The average molecular weight is 288 g/mol. The molecular weight excluding hydrogens is 274 g/mol. The first-order valence-corrected chi connectivity index (χ1v) is 6.88. The fourth-order valence-electron chi connectivity index (χ4n) is 1.94. The number of hydrogen-bond acceptors (Lipinski definition) is 3. The van der Waals surface area contributed by atoms with Crippen molar-refractivity contribution in [2.45, 2.75) is 18.9 Å². The van der Waals surface area contributed by atoms with Gasteiger partial charge in [-0.3, -0.25) is 4.79 Å². The van der Waals surface area contributed by atoms with Crippen LogP contribution in [0.1, 0.15) is 28.8 Å². The second-order valence-electron chi connectivity index (χ2n) is 4.91. The van der Waals surface area contributed by atoms with Crippen molar-refractivity contribution in [1.82, 2.24) is 0 Å². The van der Waals surface area contributed by atoms with Crippen molar-refractivity contribution >= 4 is 23.1 Å². The molecule has 0 heterocycles. The van der Waals surface area contributed by atoms with Crippen LogP contribution >= 0.6 is 11.6 Å². The largest absolute Gasteiger partial charge is 0.490 e. The summed E-state index contributed by atoms with van der Waals surface area (Å²) in [6.45, 7) is 0. The molecule has 3 rings (SSSR count). The van der Waals surface area contributed by atoms with E-state index in [1.54, 1.807) is 30.3 Å². The van der Waals surface area contributed by atoms with Crippen LogP contribution in [0.5, 0.6) is 5.75 Å². The number of ether oxygens (including phenoxy) is 1. The zero-order valence-corrected chi connectivity index (χ0v) is 11.6. The first kappa shape index (κ1) is 13.0. The minimum atomic E-state index is -0.0883. The first-order chi connectivity index (χ1) is 9.63. The van der Waals surface area contributed by atoms with Gasteiger partial charge in [-0.1, -0.05) is 23.7 Å². The molecule has 0 radical (unpaired) electrons. The number of carbonyl (C=O) groups is 1. The van der Waals surface area contributed by atoms with Crippen LogP contribution in [-0.2, 0) is 0 Å². The summed E-state index contributed by atoms with van der Waals surface area (Å²) in [5, 5.41) is 0.451. The number of benzene rings is 2. The predicted octanol–water partition coefficient (Wildman–Crippen LogP) is 3.69. The molecule has 3 nitrogen and oxygen atoms in total. The Balaban J connectivity index is 1.86. The highest BCUT2D eigenvalue weighted by atomic mass is 35.5. The van der Waals surface area contributed by atoms with Gasteiger partial charge in [-0.15, -0.1) is 0 Å². The first-order valence-electron chi connectivity index (χ1n) is 6.50. The molecule has 0 unspecified atom stereocenters. The van der Waals surface area contributed by atoms with E-state index < -0.39 is 0 Å². The van der Waals surface area contributed by atoms with Crippen LogP contribution in [0.25, 0.3) is 0 Å². The van der Waals surface area contributed by atoms with Gasteiger partial charge in [-0.05, 0) is 43.2 Å². The zero-order valence-electron chi connectivity index (χ0n) is 10.8. The molecule has 2 aromatic rings. The SMILES string of the molecule is Nc1cc(C(=O)c2cccc(OC3CC3)c2)ccc1Cl. The Morgan fingerprint density at radius 1 is 1.15 bits per heavy atom. The monoisotopic (exact) mass is 287 g/mol. The Morgan fingerprint density at radius 3 is 2.60 bits per heavy atom. The molecule has 0 spiro atoms. The zero-order chi connectivity index (χ0) is 14.1. The topological polar surface area (TPSA) is 52.3 Å². The van der Waals surface area contributed by atoms with Gasteiger partial charge in [0, 0.05) is 11.1 Å². The average Bonchev–Trinajstić information content (AvgIpc) is 3.25. The number of carbonyl (C=O) groups excluding carboxylic acids is 1. The van der Waals surface area contributed by atoms with Gasteiger partial charge in [0.05, 0.1) is 16.8 Å². The number of nitrogens with two attached hydrogens (primary N) is 1. The molecule has 0 bridgehead atoms. The van der Waals surface area contributed by atoms with Crippen LogP contribution in [0.3, 0.4) is 0 Å². The summed E-state index contributed by atoms with van der Waals surface area (Å²) in [4.78, 5) is 12.4. The maximum Gasteiger partial charge on any atom is 0.193 e. The van der Waals surface area contributed by atoms with Gasteiger partial charge in [0.2, 0.25) is 0 Å². The number of halogens is 1. The predicted molar refractivity (Wildman–Crippen MR) is 79.4 cm³/mol. The molecule has 1 aliphatic carbocycles. The Bertz CT molecular complexity index is 665. The molecule has 1 saturated carbocycles. The van der Waals surface area contributed by atoms with Gasteiger partial charge in [0.1, 0.15) is 5.75 Å². The van der Waals surface area contributed by atoms with Crippen molar-refractivity contribution in [3.8, 4) is 5.75 Å². The van der Waals surface area contributed by atoms with Crippen LogP contribution in [0, 0.1) is 0 Å². The van der Waals surface area contributed by atoms with Gasteiger partial charge >= 0.3 is 0 Å². The quantitative estimate of drug-likeness (QED) is 0.689. The standard InChI is InChI=1S/C16H14ClNO2/c17-14-7-4-11(9-15(14)18)16(19)10-2-1-3-13(8-10)20-12-5-6-12/h1-4,7-9,12H,5-6,18H2. The van der Waals surface area contributed by atoms with Crippen LogP contribution in [0.4, 0.5) is 5.69 Å². The van der Waals surface area contributed by atoms with Crippen molar-refractivity contribution in [2.75, 3.05) is 5.73 Å². The number of rotatable bonds is 4. The molecule has 20 heavy (non-hydrogen) atoms. The molecule has 1 aliphatic rings. The Hall–Kier alpha value is -2.00. The van der Waals surface area contributed by atoms with E-state index in [4.69, 9.17) is 22.1 Å². The summed E-state index contributed by atoms with van der Waals surface area (Å²) in [6.07, 6.45) is 2.49. The Morgan fingerprint density at radius 2 is 1.90 bits per heavy atom. The molecule has 0 atom stereocenters. The molecule has 0 aromatic heterocycles. The third-order valence-electron chi connectivity index (χ3n) is 3.18. The number of nitrogen functional groups attached to an aromatic ring is 1. The molecule has 0 aliphatic heterocycles. The van der Waals surface area contributed by atoms with Gasteiger partial charge in [0.25, 0.3) is 0 Å². The van der Waals surface area contributed by atoms with Crippen LogP contribution in [0.2, 0.25) is 5.02 Å². The van der Waals surface area contributed by atoms with E-state index >= 15 is 0 Å². The van der Waals surface area contributed by atoms with E-state index in [9.17, 15) is 4.79 Å². The van der Waals surface area contributed by atoms with Gasteiger partial charge in [-0.25, -0.2) is 0 Å². The lowest BCUT2D eigenvalue weighted by atomic mass is 10.0. The van der Waals surface area contributed by atoms with Crippen molar-refractivity contribution in [1.29, 1.82) is 0 Å². The highest BCUT2D eigenvalue weighted by Crippen LogP contribution is 2.28. The lowest BCUT2D eigenvalue weighted by Crippen LogP contribution is -2.03. The lowest BCUT2D eigenvalue weighted by molar-refractivity contribution is 0.103. The fraction of sp³-hybridized carbons (Fsp3) is 0.188. The summed E-state index contributed by atoms with van der Waals surface area (Å²) in [7, 11) is 0. The third kappa shape index (κ3) is 2.78. The van der Waals surface area contributed by atoms with E-state index in [1.165, 1.54) is 0 Å². The van der Waals surface area contributed by atoms with Crippen LogP contribution in [0.15, 0.2) is 42.5 Å². The van der Waals surface area contributed by atoms with Crippen LogP contribution in [-0.4, -0.2) is 11.9 Å². The van der Waals surface area contributed by atoms with Gasteiger partial charge in [0.15, 0.2) is 5.78 Å². The molecule has 1 fully saturated rings. The summed E-state index contributed by atoms with van der Waals surface area (Å²) in [5.41, 5.74) is 7.25. The van der Waals surface area contributed by atoms with E-state index in [2.05, 4.69) is 0 Å². The Labute approximate surface area is 122 Å². The maximum absolute atomic E-state index is 12.4. The highest BCUT2D eigenvalue weighted by Gasteiger charge is 2.23. The highest BCUT2D eigenvalue weighted by molar-refractivity contribution is 6.33. The minimum Gasteiger partial charge on any atom is -0.490 e. The minimum absolute atomic E-state index is 0.0883. The maximum atomic E-state index is 12.4. The van der Waals surface area contributed by atoms with Crippen molar-refractivity contribution in [3.05, 3.63) is 58.6 Å².